The molecule has 0 aliphatic carbocycles. The Balaban J connectivity index is 3.05. The third-order valence-corrected chi connectivity index (χ3v) is 2.81. The first-order valence-electron chi connectivity index (χ1n) is 5.68. The molecule has 0 aromatic heterocycles. The second kappa shape index (κ2) is 6.21. The largest absolute Gasteiger partial charge is 0.307 e. The Morgan fingerprint density at radius 1 is 1.38 bits per heavy atom. The molecule has 0 saturated heterocycles. The van der Waals surface area contributed by atoms with E-state index in [-0.39, 0.29) is 0 Å². The van der Waals surface area contributed by atoms with Crippen molar-refractivity contribution < 1.29 is 0 Å². The fourth-order valence-corrected chi connectivity index (χ4v) is 2.40. The van der Waals surface area contributed by atoms with E-state index in [4.69, 9.17) is 0 Å². The molecule has 0 amide bonds. The SMILES string of the molecule is CCNC(C=C(C)C)c1cc(C)cc(Br)c1. The van der Waals surface area contributed by atoms with Crippen LogP contribution in [-0.4, -0.2) is 6.54 Å². The van der Waals surface area contributed by atoms with Crippen LogP contribution in [-0.2, 0) is 0 Å². The van der Waals surface area contributed by atoms with Crippen LogP contribution in [0.15, 0.2) is 34.3 Å². The van der Waals surface area contributed by atoms with Gasteiger partial charge in [0.05, 0.1) is 6.04 Å². The van der Waals surface area contributed by atoms with Crippen LogP contribution in [0, 0.1) is 6.92 Å². The van der Waals surface area contributed by atoms with Gasteiger partial charge in [-0.1, -0.05) is 40.6 Å². The molecule has 1 aromatic rings. The second-order valence-corrected chi connectivity index (χ2v) is 5.26. The molecule has 16 heavy (non-hydrogen) atoms. The molecule has 1 N–H and O–H groups in total. The molecule has 1 unspecified atom stereocenters. The van der Waals surface area contributed by atoms with Crippen LogP contribution >= 0.6 is 15.9 Å². The van der Waals surface area contributed by atoms with Crippen LogP contribution in [0.2, 0.25) is 0 Å². The Bertz CT molecular complexity index is 358. The summed E-state index contributed by atoms with van der Waals surface area (Å²) in [6, 6.07) is 6.86. The molecule has 0 bridgehead atoms. The molecule has 0 fully saturated rings. The minimum Gasteiger partial charge on any atom is -0.307 e. The lowest BCUT2D eigenvalue weighted by molar-refractivity contribution is 0.644. The number of benzene rings is 1. The summed E-state index contributed by atoms with van der Waals surface area (Å²) in [7, 11) is 0. The first-order valence-corrected chi connectivity index (χ1v) is 6.47. The predicted molar refractivity (Wildman–Crippen MR) is 74.7 cm³/mol. The third kappa shape index (κ3) is 4.11. The lowest BCUT2D eigenvalue weighted by Gasteiger charge is -2.16. The molecule has 1 rings (SSSR count). The molecular formula is C14H20BrN. The van der Waals surface area contributed by atoms with Crippen LogP contribution in [0.1, 0.15) is 37.9 Å². The summed E-state index contributed by atoms with van der Waals surface area (Å²) in [6.07, 6.45) is 2.27. The topological polar surface area (TPSA) is 12.0 Å². The number of likely N-dealkylation sites (N-methyl/N-ethyl adjacent to an activating group) is 1. The normalized spacial score (nSPS) is 12.3. The summed E-state index contributed by atoms with van der Waals surface area (Å²) in [5.41, 5.74) is 3.94. The molecule has 0 aliphatic rings. The Morgan fingerprint density at radius 2 is 2.06 bits per heavy atom. The maximum atomic E-state index is 3.55. The highest BCUT2D eigenvalue weighted by atomic mass is 79.9. The Labute approximate surface area is 107 Å². The standard InChI is InChI=1S/C14H20BrN/c1-5-16-14(6-10(2)3)12-7-11(4)8-13(15)9-12/h6-9,14,16H,5H2,1-4H3. The quantitative estimate of drug-likeness (QED) is 0.808. The van der Waals surface area contributed by atoms with Gasteiger partial charge in [-0.15, -0.1) is 0 Å². The summed E-state index contributed by atoms with van der Waals surface area (Å²) in [5.74, 6) is 0. The van der Waals surface area contributed by atoms with Crippen LogP contribution in [0.3, 0.4) is 0 Å². The molecule has 0 radical (unpaired) electrons. The maximum absolute atomic E-state index is 3.55. The van der Waals surface area contributed by atoms with E-state index in [0.717, 1.165) is 11.0 Å². The lowest BCUT2D eigenvalue weighted by Crippen LogP contribution is -2.19. The highest BCUT2D eigenvalue weighted by molar-refractivity contribution is 9.10. The van der Waals surface area contributed by atoms with E-state index in [0.29, 0.717) is 6.04 Å². The van der Waals surface area contributed by atoms with Gasteiger partial charge < -0.3 is 5.32 Å². The van der Waals surface area contributed by atoms with Crippen LogP contribution in [0.4, 0.5) is 0 Å². The third-order valence-electron chi connectivity index (χ3n) is 2.35. The Kier molecular flexibility index (Phi) is 5.23. The van der Waals surface area contributed by atoms with Crippen LogP contribution in [0.25, 0.3) is 0 Å². The van der Waals surface area contributed by atoms with Gasteiger partial charge in [-0.3, -0.25) is 0 Å². The number of halogens is 1. The van der Waals surface area contributed by atoms with E-state index in [1.807, 2.05) is 0 Å². The molecule has 0 saturated carbocycles. The van der Waals surface area contributed by atoms with Crippen LogP contribution < -0.4 is 5.32 Å². The number of allylic oxidation sites excluding steroid dienone is 1. The molecule has 88 valence electrons. The molecule has 0 spiro atoms. The first kappa shape index (κ1) is 13.5. The monoisotopic (exact) mass is 281 g/mol. The average Bonchev–Trinajstić information content (AvgIpc) is 2.14. The van der Waals surface area contributed by atoms with Gasteiger partial charge in [-0.2, -0.15) is 0 Å². The van der Waals surface area contributed by atoms with Gasteiger partial charge in [-0.25, -0.2) is 0 Å². The van der Waals surface area contributed by atoms with Crippen molar-refractivity contribution in [1.82, 2.24) is 5.32 Å². The molecule has 1 aromatic carbocycles. The first-order chi connectivity index (χ1) is 7.52. The molecule has 2 heteroatoms. The average molecular weight is 282 g/mol. The van der Waals surface area contributed by atoms with Crippen molar-refractivity contribution >= 4 is 15.9 Å². The van der Waals surface area contributed by atoms with Gasteiger partial charge in [0, 0.05) is 4.47 Å². The number of hydrogen-bond acceptors (Lipinski definition) is 1. The van der Waals surface area contributed by atoms with E-state index in [1.165, 1.54) is 16.7 Å². The van der Waals surface area contributed by atoms with Crippen molar-refractivity contribution in [1.29, 1.82) is 0 Å². The van der Waals surface area contributed by atoms with Gasteiger partial charge in [0.2, 0.25) is 0 Å². The molecule has 1 nitrogen and oxygen atoms in total. The van der Waals surface area contributed by atoms with Crippen molar-refractivity contribution in [2.45, 2.75) is 33.7 Å². The number of aryl methyl sites for hydroxylation is 1. The summed E-state index contributed by atoms with van der Waals surface area (Å²) >= 11 is 3.55. The van der Waals surface area contributed by atoms with Gasteiger partial charge in [0.25, 0.3) is 0 Å². The van der Waals surface area contributed by atoms with E-state index in [1.54, 1.807) is 0 Å². The van der Waals surface area contributed by atoms with E-state index >= 15 is 0 Å². The Morgan fingerprint density at radius 3 is 2.56 bits per heavy atom. The highest BCUT2D eigenvalue weighted by Crippen LogP contribution is 2.22. The van der Waals surface area contributed by atoms with Gasteiger partial charge >= 0.3 is 0 Å². The zero-order chi connectivity index (χ0) is 12.1. The van der Waals surface area contributed by atoms with E-state index in [9.17, 15) is 0 Å². The molecule has 1 atom stereocenters. The van der Waals surface area contributed by atoms with Crippen molar-refractivity contribution in [3.05, 3.63) is 45.4 Å². The number of rotatable bonds is 4. The summed E-state index contributed by atoms with van der Waals surface area (Å²) in [4.78, 5) is 0. The maximum Gasteiger partial charge on any atom is 0.0509 e. The zero-order valence-corrected chi connectivity index (χ0v) is 12.1. The lowest BCUT2D eigenvalue weighted by atomic mass is 10.0. The van der Waals surface area contributed by atoms with Gasteiger partial charge in [-0.05, 0) is 50.6 Å². The minimum atomic E-state index is 0.311. The summed E-state index contributed by atoms with van der Waals surface area (Å²) in [5, 5.41) is 3.49. The fraction of sp³-hybridized carbons (Fsp3) is 0.429. The predicted octanol–water partition coefficient (Wildman–Crippen LogP) is 4.37. The van der Waals surface area contributed by atoms with Crippen molar-refractivity contribution in [2.24, 2.45) is 0 Å². The van der Waals surface area contributed by atoms with Crippen molar-refractivity contribution in [3.8, 4) is 0 Å². The van der Waals surface area contributed by atoms with Crippen molar-refractivity contribution in [3.63, 3.8) is 0 Å². The Hall–Kier alpha value is -0.600. The van der Waals surface area contributed by atoms with Crippen LogP contribution in [0.5, 0.6) is 0 Å². The number of hydrogen-bond donors (Lipinski definition) is 1. The fourth-order valence-electron chi connectivity index (χ4n) is 1.77. The summed E-state index contributed by atoms with van der Waals surface area (Å²) in [6.45, 7) is 9.50. The smallest absolute Gasteiger partial charge is 0.0509 e. The summed E-state index contributed by atoms with van der Waals surface area (Å²) < 4.78 is 1.15. The molecular weight excluding hydrogens is 262 g/mol. The zero-order valence-electron chi connectivity index (χ0n) is 10.5. The van der Waals surface area contributed by atoms with Gasteiger partial charge in [0.1, 0.15) is 0 Å². The molecule has 0 aliphatic heterocycles. The highest BCUT2D eigenvalue weighted by Gasteiger charge is 2.08. The van der Waals surface area contributed by atoms with E-state index < -0.39 is 0 Å². The molecule has 0 heterocycles. The van der Waals surface area contributed by atoms with E-state index in [2.05, 4.69) is 73.2 Å². The number of nitrogens with one attached hydrogen (secondary N) is 1. The van der Waals surface area contributed by atoms with Crippen molar-refractivity contribution in [2.75, 3.05) is 6.54 Å². The van der Waals surface area contributed by atoms with Gasteiger partial charge in [0.15, 0.2) is 0 Å². The second-order valence-electron chi connectivity index (χ2n) is 4.34. The minimum absolute atomic E-state index is 0.311.